The van der Waals surface area contributed by atoms with Crippen LogP contribution in [0.1, 0.15) is 45.5 Å². The van der Waals surface area contributed by atoms with Gasteiger partial charge in [0.1, 0.15) is 5.75 Å². The molecule has 2 amide bonds. The lowest BCUT2D eigenvalue weighted by Gasteiger charge is -2.30. The van der Waals surface area contributed by atoms with Gasteiger partial charge in [-0.25, -0.2) is 0 Å². The number of carbonyl (C=O) groups excluding carboxylic acids is 2. The van der Waals surface area contributed by atoms with Gasteiger partial charge in [-0.1, -0.05) is 52.3 Å². The molecule has 0 aliphatic carbocycles. The smallest absolute Gasteiger partial charge is 0.262 e. The van der Waals surface area contributed by atoms with E-state index in [9.17, 15) is 9.59 Å². The molecule has 1 aliphatic heterocycles. The normalized spacial score (nSPS) is 13.5. The molecule has 1 saturated heterocycles. The molecule has 0 N–H and O–H groups in total. The van der Waals surface area contributed by atoms with Crippen molar-refractivity contribution in [3.8, 4) is 5.75 Å². The number of anilines is 1. The van der Waals surface area contributed by atoms with Crippen molar-refractivity contribution in [1.29, 1.82) is 0 Å². The highest BCUT2D eigenvalue weighted by atomic mass is 79.9. The number of methoxy groups -OCH3 is 1. The van der Waals surface area contributed by atoms with E-state index in [0.717, 1.165) is 42.4 Å². The summed E-state index contributed by atoms with van der Waals surface area (Å²) in [5, 5.41) is 0. The highest BCUT2D eigenvalue weighted by Crippen LogP contribution is 2.29. The summed E-state index contributed by atoms with van der Waals surface area (Å²) in [5.74, 6) is 0.260. The first-order valence-electron chi connectivity index (χ1n) is 11.2. The maximum atomic E-state index is 13.9. The lowest BCUT2D eigenvalue weighted by Crippen LogP contribution is -2.38. The number of likely N-dealkylation sites (tertiary alicyclic amines) is 1. The molecule has 1 aliphatic rings. The Labute approximate surface area is 203 Å². The number of piperidine rings is 1. The molecule has 0 bridgehead atoms. The van der Waals surface area contributed by atoms with Crippen molar-refractivity contribution in [2.45, 2.75) is 25.8 Å². The number of hydrogen-bond acceptors (Lipinski definition) is 3. The zero-order valence-corrected chi connectivity index (χ0v) is 20.3. The molecule has 5 nitrogen and oxygen atoms in total. The Balaban J connectivity index is 1.77. The molecule has 0 atom stereocenters. The number of nitrogens with zero attached hydrogens (tertiary/aromatic N) is 2. The van der Waals surface area contributed by atoms with Crippen LogP contribution in [0.4, 0.5) is 5.69 Å². The van der Waals surface area contributed by atoms with Gasteiger partial charge in [0.05, 0.1) is 30.5 Å². The summed E-state index contributed by atoms with van der Waals surface area (Å²) in [6.07, 6.45) is 3.17. The highest BCUT2D eigenvalue weighted by Gasteiger charge is 2.27. The molecule has 3 aromatic carbocycles. The largest absolute Gasteiger partial charge is 0.496 e. The second-order valence-corrected chi connectivity index (χ2v) is 9.00. The average Bonchev–Trinajstić information content (AvgIpc) is 2.88. The van der Waals surface area contributed by atoms with E-state index < -0.39 is 0 Å². The van der Waals surface area contributed by atoms with Crippen molar-refractivity contribution in [3.63, 3.8) is 0 Å². The van der Waals surface area contributed by atoms with Crippen molar-refractivity contribution in [2.24, 2.45) is 0 Å². The van der Waals surface area contributed by atoms with Crippen molar-refractivity contribution < 1.29 is 14.3 Å². The number of hydrogen-bond donors (Lipinski definition) is 0. The van der Waals surface area contributed by atoms with Crippen LogP contribution in [-0.4, -0.2) is 36.9 Å². The third-order valence-corrected chi connectivity index (χ3v) is 6.43. The van der Waals surface area contributed by atoms with Crippen LogP contribution in [0.15, 0.2) is 77.3 Å². The van der Waals surface area contributed by atoms with Gasteiger partial charge in [0.25, 0.3) is 11.8 Å². The second-order valence-electron chi connectivity index (χ2n) is 8.09. The van der Waals surface area contributed by atoms with Crippen LogP contribution in [0, 0.1) is 0 Å². The molecule has 0 radical (unpaired) electrons. The van der Waals surface area contributed by atoms with Crippen LogP contribution in [0.5, 0.6) is 5.75 Å². The van der Waals surface area contributed by atoms with Gasteiger partial charge in [0.2, 0.25) is 0 Å². The molecule has 0 unspecified atom stereocenters. The molecule has 4 rings (SSSR count). The number of para-hydroxylation sites is 2. The van der Waals surface area contributed by atoms with Crippen molar-refractivity contribution in [1.82, 2.24) is 4.90 Å². The molecule has 1 fully saturated rings. The van der Waals surface area contributed by atoms with Crippen molar-refractivity contribution in [2.75, 3.05) is 25.1 Å². The maximum Gasteiger partial charge on any atom is 0.262 e. The van der Waals surface area contributed by atoms with Gasteiger partial charge in [0, 0.05) is 17.6 Å². The van der Waals surface area contributed by atoms with Crippen molar-refractivity contribution >= 4 is 33.4 Å². The summed E-state index contributed by atoms with van der Waals surface area (Å²) in [7, 11) is 1.55. The lowest BCUT2D eigenvalue weighted by molar-refractivity contribution is 0.0725. The van der Waals surface area contributed by atoms with Gasteiger partial charge in [-0.2, -0.15) is 0 Å². The fraction of sp³-hybridized carbons (Fsp3) is 0.259. The summed E-state index contributed by atoms with van der Waals surface area (Å²) in [6, 6.07) is 22.4. The first-order chi connectivity index (χ1) is 16.1. The zero-order valence-electron chi connectivity index (χ0n) is 18.7. The van der Waals surface area contributed by atoms with Crippen LogP contribution in [-0.2, 0) is 6.54 Å². The van der Waals surface area contributed by atoms with E-state index in [0.29, 0.717) is 29.1 Å². The van der Waals surface area contributed by atoms with E-state index in [1.807, 2.05) is 65.6 Å². The Kier molecular flexibility index (Phi) is 7.45. The zero-order chi connectivity index (χ0) is 23.2. The molecular formula is C27H27BrN2O3. The number of halogens is 1. The first kappa shape index (κ1) is 23.1. The average molecular weight is 507 g/mol. The summed E-state index contributed by atoms with van der Waals surface area (Å²) >= 11 is 3.47. The Morgan fingerprint density at radius 2 is 1.52 bits per heavy atom. The van der Waals surface area contributed by atoms with E-state index in [2.05, 4.69) is 15.9 Å². The number of amides is 2. The minimum Gasteiger partial charge on any atom is -0.496 e. The van der Waals surface area contributed by atoms with Gasteiger partial charge in [-0.3, -0.25) is 9.59 Å². The van der Waals surface area contributed by atoms with Crippen LogP contribution in [0.2, 0.25) is 0 Å². The summed E-state index contributed by atoms with van der Waals surface area (Å²) in [5.41, 5.74) is 2.56. The number of benzene rings is 3. The van der Waals surface area contributed by atoms with Gasteiger partial charge in [-0.15, -0.1) is 0 Å². The summed E-state index contributed by atoms with van der Waals surface area (Å²) in [6.45, 7) is 1.83. The fourth-order valence-corrected chi connectivity index (χ4v) is 4.43. The SMILES string of the molecule is COc1ccccc1C(=O)N(Cc1ccc(Br)cc1)c1ccccc1C(=O)N1CCCCC1. The molecule has 0 saturated carbocycles. The summed E-state index contributed by atoms with van der Waals surface area (Å²) < 4.78 is 6.43. The first-order valence-corrected chi connectivity index (χ1v) is 12.0. The quantitative estimate of drug-likeness (QED) is 0.416. The third-order valence-electron chi connectivity index (χ3n) is 5.91. The standard InChI is InChI=1S/C27H27BrN2O3/c1-33-25-12-6-4-10-23(25)27(32)30(19-20-13-15-21(28)16-14-20)24-11-5-3-9-22(24)26(31)29-17-7-2-8-18-29/h3-6,9-16H,2,7-8,17-19H2,1H3. The maximum absolute atomic E-state index is 13.9. The van der Waals surface area contributed by atoms with Crippen LogP contribution in [0.3, 0.4) is 0 Å². The Bertz CT molecular complexity index is 1120. The molecule has 3 aromatic rings. The molecule has 0 aromatic heterocycles. The molecular weight excluding hydrogens is 480 g/mol. The number of carbonyl (C=O) groups is 2. The second kappa shape index (κ2) is 10.7. The molecule has 6 heteroatoms. The molecule has 1 heterocycles. The van der Waals surface area contributed by atoms with E-state index in [4.69, 9.17) is 4.74 Å². The third kappa shape index (κ3) is 5.28. The molecule has 170 valence electrons. The summed E-state index contributed by atoms with van der Waals surface area (Å²) in [4.78, 5) is 30.9. The predicted molar refractivity (Wildman–Crippen MR) is 134 cm³/mol. The van der Waals surface area contributed by atoms with Crippen LogP contribution in [0.25, 0.3) is 0 Å². The van der Waals surface area contributed by atoms with E-state index >= 15 is 0 Å². The van der Waals surface area contributed by atoms with Crippen molar-refractivity contribution in [3.05, 3.63) is 94.0 Å². The van der Waals surface area contributed by atoms with E-state index in [1.54, 1.807) is 24.1 Å². The van der Waals surface area contributed by atoms with Crippen LogP contribution < -0.4 is 9.64 Å². The van der Waals surface area contributed by atoms with E-state index in [1.165, 1.54) is 0 Å². The molecule has 0 spiro atoms. The lowest BCUT2D eigenvalue weighted by atomic mass is 10.0. The van der Waals surface area contributed by atoms with Crippen LogP contribution >= 0.6 is 15.9 Å². The monoisotopic (exact) mass is 506 g/mol. The Hall–Kier alpha value is -3.12. The topological polar surface area (TPSA) is 49.9 Å². The molecule has 33 heavy (non-hydrogen) atoms. The minimum atomic E-state index is -0.214. The van der Waals surface area contributed by atoms with Gasteiger partial charge in [-0.05, 0) is 61.2 Å². The predicted octanol–water partition coefficient (Wildman–Crippen LogP) is 5.93. The minimum absolute atomic E-state index is 0.0288. The van der Waals surface area contributed by atoms with Gasteiger partial charge >= 0.3 is 0 Å². The van der Waals surface area contributed by atoms with Gasteiger partial charge in [0.15, 0.2) is 0 Å². The number of rotatable bonds is 6. The fourth-order valence-electron chi connectivity index (χ4n) is 4.16. The Morgan fingerprint density at radius 3 is 2.21 bits per heavy atom. The Morgan fingerprint density at radius 1 is 0.879 bits per heavy atom. The van der Waals surface area contributed by atoms with E-state index in [-0.39, 0.29) is 11.8 Å². The van der Waals surface area contributed by atoms with Gasteiger partial charge < -0.3 is 14.5 Å². The number of ether oxygens (including phenoxy) is 1. The highest BCUT2D eigenvalue weighted by molar-refractivity contribution is 9.10.